The maximum Gasteiger partial charge on any atom is 0.237 e. The Hall–Kier alpha value is -1.94. The Labute approximate surface area is 125 Å². The number of rotatable bonds is 3. The second-order valence-electron chi connectivity index (χ2n) is 5.66. The number of hydrogen-bond acceptors (Lipinski definition) is 4. The van der Waals surface area contributed by atoms with Crippen molar-refractivity contribution in [2.45, 2.75) is 37.1 Å². The average Bonchev–Trinajstić information content (AvgIpc) is 2.56. The van der Waals surface area contributed by atoms with Crippen LogP contribution in [0.3, 0.4) is 0 Å². The molecule has 21 heavy (non-hydrogen) atoms. The van der Waals surface area contributed by atoms with E-state index >= 15 is 0 Å². The fourth-order valence-corrected chi connectivity index (χ4v) is 3.42. The van der Waals surface area contributed by atoms with E-state index < -0.39 is 5.54 Å². The van der Waals surface area contributed by atoms with E-state index in [4.69, 9.17) is 10.5 Å². The summed E-state index contributed by atoms with van der Waals surface area (Å²) in [5.41, 5.74) is 8.39. The van der Waals surface area contributed by atoms with Crippen LogP contribution in [0.4, 0.5) is 0 Å². The van der Waals surface area contributed by atoms with Crippen molar-refractivity contribution in [2.24, 2.45) is 5.73 Å². The van der Waals surface area contributed by atoms with Gasteiger partial charge in [-0.3, -0.25) is 4.98 Å². The van der Waals surface area contributed by atoms with E-state index in [0.717, 1.165) is 25.0 Å². The molecule has 2 atom stereocenters. The van der Waals surface area contributed by atoms with Crippen molar-refractivity contribution < 1.29 is 4.74 Å². The highest BCUT2D eigenvalue weighted by molar-refractivity contribution is 5.34. The zero-order valence-electron chi connectivity index (χ0n) is 12.3. The molecular formula is C17H21N3O. The van der Waals surface area contributed by atoms with E-state index in [1.54, 1.807) is 19.5 Å². The van der Waals surface area contributed by atoms with Gasteiger partial charge >= 0.3 is 0 Å². The molecule has 1 saturated carbocycles. The zero-order valence-corrected chi connectivity index (χ0v) is 12.3. The van der Waals surface area contributed by atoms with Crippen LogP contribution >= 0.6 is 0 Å². The van der Waals surface area contributed by atoms with Gasteiger partial charge in [-0.2, -0.15) is 0 Å². The summed E-state index contributed by atoms with van der Waals surface area (Å²) in [6, 6.07) is 10.5. The summed E-state index contributed by atoms with van der Waals surface area (Å²) in [6.45, 7) is 0. The first-order valence-electron chi connectivity index (χ1n) is 7.45. The Morgan fingerprint density at radius 3 is 2.67 bits per heavy atom. The predicted molar refractivity (Wildman–Crippen MR) is 82.1 cm³/mol. The van der Waals surface area contributed by atoms with Crippen LogP contribution in [0.15, 0.2) is 42.7 Å². The Kier molecular flexibility index (Phi) is 3.88. The molecule has 0 amide bonds. The molecule has 1 aliphatic rings. The lowest BCUT2D eigenvalue weighted by Gasteiger charge is -2.41. The van der Waals surface area contributed by atoms with Crippen molar-refractivity contribution in [3.63, 3.8) is 0 Å². The van der Waals surface area contributed by atoms with Gasteiger partial charge in [0, 0.05) is 18.3 Å². The van der Waals surface area contributed by atoms with Gasteiger partial charge in [-0.1, -0.05) is 43.2 Å². The van der Waals surface area contributed by atoms with E-state index in [0.29, 0.717) is 5.88 Å². The number of nitrogens with two attached hydrogens (primary N) is 1. The van der Waals surface area contributed by atoms with Crippen LogP contribution in [0.1, 0.15) is 42.9 Å². The van der Waals surface area contributed by atoms with E-state index in [1.807, 2.05) is 6.07 Å². The average molecular weight is 283 g/mol. The van der Waals surface area contributed by atoms with Crippen LogP contribution in [0, 0.1) is 0 Å². The molecule has 1 aromatic heterocycles. The van der Waals surface area contributed by atoms with Crippen molar-refractivity contribution in [3.05, 3.63) is 54.0 Å². The normalized spacial score (nSPS) is 25.5. The number of ether oxygens (including phenoxy) is 1. The molecule has 0 spiro atoms. The van der Waals surface area contributed by atoms with Crippen LogP contribution in [0.25, 0.3) is 0 Å². The molecule has 110 valence electrons. The lowest BCUT2D eigenvalue weighted by Crippen LogP contribution is -2.46. The molecule has 2 aromatic rings. The molecule has 1 fully saturated rings. The van der Waals surface area contributed by atoms with E-state index in [1.165, 1.54) is 12.0 Å². The topological polar surface area (TPSA) is 61.0 Å². The second-order valence-corrected chi connectivity index (χ2v) is 5.66. The summed E-state index contributed by atoms with van der Waals surface area (Å²) in [7, 11) is 1.62. The summed E-state index contributed by atoms with van der Waals surface area (Å²) in [6.07, 6.45) is 7.62. The fourth-order valence-electron chi connectivity index (χ4n) is 3.42. The van der Waals surface area contributed by atoms with Gasteiger partial charge < -0.3 is 10.5 Å². The molecule has 0 aliphatic heterocycles. The highest BCUT2D eigenvalue weighted by Gasteiger charge is 2.43. The molecule has 2 unspecified atom stereocenters. The van der Waals surface area contributed by atoms with Crippen LogP contribution in [0.5, 0.6) is 5.88 Å². The van der Waals surface area contributed by atoms with E-state index in [9.17, 15) is 0 Å². The molecule has 0 radical (unpaired) electrons. The summed E-state index contributed by atoms with van der Waals surface area (Å²) in [4.78, 5) is 8.79. The Balaban J connectivity index is 2.07. The summed E-state index contributed by atoms with van der Waals surface area (Å²) in [5, 5.41) is 0. The number of nitrogens with zero attached hydrogens (tertiary/aromatic N) is 2. The third kappa shape index (κ3) is 2.51. The van der Waals surface area contributed by atoms with Crippen LogP contribution in [-0.4, -0.2) is 17.1 Å². The van der Waals surface area contributed by atoms with E-state index in [-0.39, 0.29) is 5.92 Å². The Morgan fingerprint density at radius 1 is 1.14 bits per heavy atom. The van der Waals surface area contributed by atoms with Crippen LogP contribution in [0.2, 0.25) is 0 Å². The van der Waals surface area contributed by atoms with Gasteiger partial charge in [0.2, 0.25) is 5.88 Å². The summed E-state index contributed by atoms with van der Waals surface area (Å²) in [5.74, 6) is 0.792. The van der Waals surface area contributed by atoms with Gasteiger partial charge in [-0.15, -0.1) is 0 Å². The Bertz CT molecular complexity index is 602. The van der Waals surface area contributed by atoms with Crippen molar-refractivity contribution in [3.8, 4) is 5.88 Å². The third-order valence-corrected chi connectivity index (χ3v) is 4.46. The molecule has 1 heterocycles. The molecule has 1 aliphatic carbocycles. The number of methoxy groups -OCH3 is 1. The maximum absolute atomic E-state index is 6.85. The van der Waals surface area contributed by atoms with Crippen LogP contribution < -0.4 is 10.5 Å². The zero-order chi connectivity index (χ0) is 14.7. The van der Waals surface area contributed by atoms with Crippen molar-refractivity contribution in [1.82, 2.24) is 9.97 Å². The van der Waals surface area contributed by atoms with E-state index in [2.05, 4.69) is 34.2 Å². The molecule has 1 aromatic carbocycles. The third-order valence-electron chi connectivity index (χ3n) is 4.46. The fraction of sp³-hybridized carbons (Fsp3) is 0.412. The quantitative estimate of drug-likeness (QED) is 0.940. The number of hydrogen-bond donors (Lipinski definition) is 1. The highest BCUT2D eigenvalue weighted by Crippen LogP contribution is 2.46. The lowest BCUT2D eigenvalue weighted by molar-refractivity contribution is 0.236. The number of aromatic nitrogens is 2. The standard InChI is InChI=1S/C17H21N3O/c1-21-16-15(19-11-12-20-16)17(18)10-6-5-9-14(17)13-7-3-2-4-8-13/h2-4,7-8,11-12,14H,5-6,9-10,18H2,1H3. The van der Waals surface area contributed by atoms with Crippen molar-refractivity contribution >= 4 is 0 Å². The van der Waals surface area contributed by atoms with Crippen molar-refractivity contribution in [2.75, 3.05) is 7.11 Å². The minimum atomic E-state index is -0.515. The lowest BCUT2D eigenvalue weighted by atomic mass is 9.68. The Morgan fingerprint density at radius 2 is 1.90 bits per heavy atom. The minimum absolute atomic E-state index is 0.248. The molecule has 3 rings (SSSR count). The smallest absolute Gasteiger partial charge is 0.237 e. The van der Waals surface area contributed by atoms with Gasteiger partial charge in [-0.05, 0) is 18.4 Å². The molecular weight excluding hydrogens is 262 g/mol. The van der Waals surface area contributed by atoms with Gasteiger partial charge in [-0.25, -0.2) is 4.98 Å². The largest absolute Gasteiger partial charge is 0.480 e. The molecule has 4 nitrogen and oxygen atoms in total. The molecule has 2 N–H and O–H groups in total. The van der Waals surface area contributed by atoms with Gasteiger partial charge in [0.25, 0.3) is 0 Å². The van der Waals surface area contributed by atoms with Gasteiger partial charge in [0.1, 0.15) is 5.69 Å². The molecule has 0 bridgehead atoms. The monoisotopic (exact) mass is 283 g/mol. The first kappa shape index (κ1) is 14.0. The molecule has 4 heteroatoms. The summed E-state index contributed by atoms with van der Waals surface area (Å²) < 4.78 is 5.39. The van der Waals surface area contributed by atoms with Crippen LogP contribution in [-0.2, 0) is 5.54 Å². The second kappa shape index (κ2) is 5.82. The highest BCUT2D eigenvalue weighted by atomic mass is 16.5. The molecule has 0 saturated heterocycles. The predicted octanol–water partition coefficient (Wildman–Crippen LogP) is 3.00. The maximum atomic E-state index is 6.85. The summed E-state index contributed by atoms with van der Waals surface area (Å²) >= 11 is 0. The SMILES string of the molecule is COc1nccnc1C1(N)CCCCC1c1ccccc1. The first-order chi connectivity index (χ1) is 10.3. The van der Waals surface area contributed by atoms with Gasteiger partial charge in [0.15, 0.2) is 0 Å². The minimum Gasteiger partial charge on any atom is -0.480 e. The van der Waals surface area contributed by atoms with Gasteiger partial charge in [0.05, 0.1) is 12.6 Å². The number of benzene rings is 1. The first-order valence-corrected chi connectivity index (χ1v) is 7.45. The van der Waals surface area contributed by atoms with Crippen molar-refractivity contribution in [1.29, 1.82) is 0 Å².